The van der Waals surface area contributed by atoms with Crippen LogP contribution in [0.1, 0.15) is 24.0 Å². The van der Waals surface area contributed by atoms with Crippen molar-refractivity contribution in [1.29, 1.82) is 0 Å². The molecule has 0 saturated carbocycles. The number of hydrogen-bond acceptors (Lipinski definition) is 2. The predicted molar refractivity (Wildman–Crippen MR) is 50.5 cm³/mol. The lowest BCUT2D eigenvalue weighted by molar-refractivity contribution is 0.0637. The largest absolute Gasteiger partial charge is 0.466 e. The Labute approximate surface area is 82.1 Å². The Hall–Kier alpha value is -0.900. The molecule has 2 N–H and O–H groups in total. The summed E-state index contributed by atoms with van der Waals surface area (Å²) < 4.78 is 30.2. The number of alkyl halides is 2. The molecule has 0 bridgehead atoms. The van der Waals surface area contributed by atoms with Crippen LogP contribution < -0.4 is 5.73 Å². The van der Waals surface area contributed by atoms with Gasteiger partial charge in [0.2, 0.25) is 0 Å². The minimum Gasteiger partial charge on any atom is -0.466 e. The number of halogens is 2. The molecule has 0 aliphatic carbocycles. The number of rotatable bonds is 3. The molecule has 80 valence electrons. The van der Waals surface area contributed by atoms with Crippen molar-refractivity contribution in [2.24, 2.45) is 5.73 Å². The summed E-state index contributed by atoms with van der Waals surface area (Å²) in [6, 6.07) is 1.75. The van der Waals surface area contributed by atoms with E-state index in [-0.39, 0.29) is 6.42 Å². The number of nitrogens with two attached hydrogens (primary N) is 1. The van der Waals surface area contributed by atoms with Crippen LogP contribution in [0.3, 0.4) is 0 Å². The minimum atomic E-state index is -2.53. The molecule has 0 aliphatic rings. The van der Waals surface area contributed by atoms with Gasteiger partial charge in [-0.3, -0.25) is 0 Å². The predicted octanol–water partition coefficient (Wildman–Crippen LogP) is 2.42. The highest BCUT2D eigenvalue weighted by molar-refractivity contribution is 5.22. The van der Waals surface area contributed by atoms with Crippen molar-refractivity contribution >= 4 is 0 Å². The highest BCUT2D eigenvalue weighted by Crippen LogP contribution is 2.22. The van der Waals surface area contributed by atoms with E-state index in [4.69, 9.17) is 10.2 Å². The first kappa shape index (κ1) is 11.2. The van der Waals surface area contributed by atoms with Gasteiger partial charge < -0.3 is 10.2 Å². The van der Waals surface area contributed by atoms with E-state index < -0.39 is 12.0 Å². The van der Waals surface area contributed by atoms with Gasteiger partial charge in [0.1, 0.15) is 11.5 Å². The van der Waals surface area contributed by atoms with Crippen LogP contribution in [0, 0.1) is 13.8 Å². The second-order valence-electron chi connectivity index (χ2n) is 3.92. The third kappa shape index (κ3) is 2.32. The molecule has 0 spiro atoms. The van der Waals surface area contributed by atoms with Gasteiger partial charge in [0.25, 0.3) is 6.43 Å². The van der Waals surface area contributed by atoms with Gasteiger partial charge in [-0.15, -0.1) is 0 Å². The second kappa shape index (κ2) is 3.69. The van der Waals surface area contributed by atoms with Gasteiger partial charge in [-0.1, -0.05) is 0 Å². The molecule has 1 aromatic heterocycles. The fourth-order valence-electron chi connectivity index (χ4n) is 1.35. The third-order valence-electron chi connectivity index (χ3n) is 2.21. The van der Waals surface area contributed by atoms with E-state index in [2.05, 4.69) is 0 Å². The number of aryl methyl sites for hydroxylation is 2. The maximum Gasteiger partial charge on any atom is 0.256 e. The van der Waals surface area contributed by atoms with Crippen LogP contribution in [-0.4, -0.2) is 12.0 Å². The molecule has 0 saturated heterocycles. The van der Waals surface area contributed by atoms with Gasteiger partial charge >= 0.3 is 0 Å². The zero-order valence-electron chi connectivity index (χ0n) is 8.60. The fourth-order valence-corrected chi connectivity index (χ4v) is 1.35. The Morgan fingerprint density at radius 3 is 2.43 bits per heavy atom. The summed E-state index contributed by atoms with van der Waals surface area (Å²) in [7, 11) is 0. The molecular weight excluding hydrogens is 188 g/mol. The van der Waals surface area contributed by atoms with Crippen LogP contribution in [-0.2, 0) is 6.42 Å². The zero-order chi connectivity index (χ0) is 10.9. The van der Waals surface area contributed by atoms with Crippen molar-refractivity contribution in [3.8, 4) is 0 Å². The van der Waals surface area contributed by atoms with Crippen molar-refractivity contribution in [2.75, 3.05) is 0 Å². The molecule has 0 radical (unpaired) electrons. The summed E-state index contributed by atoms with van der Waals surface area (Å²) >= 11 is 0. The first-order chi connectivity index (χ1) is 6.33. The molecular formula is C10H15F2NO. The maximum atomic E-state index is 12.5. The van der Waals surface area contributed by atoms with Gasteiger partial charge in [-0.05, 0) is 38.8 Å². The van der Waals surface area contributed by atoms with Crippen molar-refractivity contribution in [3.63, 3.8) is 0 Å². The standard InChI is InChI=1S/C10H15F2NO/c1-6-4-8(7(2)14-6)5-10(3,13)9(11)12/h4,9H,5,13H2,1-3H3. The smallest absolute Gasteiger partial charge is 0.256 e. The lowest BCUT2D eigenvalue weighted by atomic mass is 9.94. The fraction of sp³-hybridized carbons (Fsp3) is 0.600. The van der Waals surface area contributed by atoms with Gasteiger partial charge in [0, 0.05) is 0 Å². The highest BCUT2D eigenvalue weighted by atomic mass is 19.3. The maximum absolute atomic E-state index is 12.5. The normalized spacial score (nSPS) is 15.9. The molecule has 0 amide bonds. The highest BCUT2D eigenvalue weighted by Gasteiger charge is 2.31. The van der Waals surface area contributed by atoms with E-state index in [1.807, 2.05) is 0 Å². The van der Waals surface area contributed by atoms with Crippen LogP contribution in [0.4, 0.5) is 8.78 Å². The van der Waals surface area contributed by atoms with Crippen LogP contribution >= 0.6 is 0 Å². The monoisotopic (exact) mass is 203 g/mol. The van der Waals surface area contributed by atoms with E-state index >= 15 is 0 Å². The molecule has 1 heterocycles. The lowest BCUT2D eigenvalue weighted by Crippen LogP contribution is -2.45. The van der Waals surface area contributed by atoms with E-state index in [9.17, 15) is 8.78 Å². The average molecular weight is 203 g/mol. The number of hydrogen-bond donors (Lipinski definition) is 1. The second-order valence-corrected chi connectivity index (χ2v) is 3.92. The molecule has 1 rings (SSSR count). The van der Waals surface area contributed by atoms with E-state index in [0.29, 0.717) is 5.76 Å². The van der Waals surface area contributed by atoms with Crippen molar-refractivity contribution in [2.45, 2.75) is 39.2 Å². The average Bonchev–Trinajstić information content (AvgIpc) is 2.29. The molecule has 2 nitrogen and oxygen atoms in total. The first-order valence-corrected chi connectivity index (χ1v) is 4.46. The molecule has 0 aromatic carbocycles. The molecule has 1 unspecified atom stereocenters. The summed E-state index contributed by atoms with van der Waals surface area (Å²) in [5.74, 6) is 1.39. The van der Waals surface area contributed by atoms with Gasteiger partial charge in [0.15, 0.2) is 0 Å². The summed E-state index contributed by atoms with van der Waals surface area (Å²) in [5, 5.41) is 0. The van der Waals surface area contributed by atoms with Crippen molar-refractivity contribution < 1.29 is 13.2 Å². The lowest BCUT2D eigenvalue weighted by Gasteiger charge is -2.22. The summed E-state index contributed by atoms with van der Waals surface area (Å²) in [5.41, 5.74) is 4.75. The molecule has 0 aliphatic heterocycles. The topological polar surface area (TPSA) is 39.2 Å². The minimum absolute atomic E-state index is 0.133. The summed E-state index contributed by atoms with van der Waals surface area (Å²) in [6.07, 6.45) is -2.40. The van der Waals surface area contributed by atoms with E-state index in [1.165, 1.54) is 6.92 Å². The Kier molecular flexibility index (Phi) is 2.95. The molecule has 1 atom stereocenters. The molecule has 1 aromatic rings. The van der Waals surface area contributed by atoms with Gasteiger partial charge in [-0.25, -0.2) is 8.78 Å². The molecule has 0 fully saturated rings. The molecule has 14 heavy (non-hydrogen) atoms. The van der Waals surface area contributed by atoms with Crippen LogP contribution in [0.15, 0.2) is 10.5 Å². The third-order valence-corrected chi connectivity index (χ3v) is 2.21. The van der Waals surface area contributed by atoms with Crippen LogP contribution in [0.5, 0.6) is 0 Å². The zero-order valence-corrected chi connectivity index (χ0v) is 8.60. The van der Waals surface area contributed by atoms with Gasteiger partial charge in [-0.2, -0.15) is 0 Å². The van der Waals surface area contributed by atoms with E-state index in [1.54, 1.807) is 19.9 Å². The number of furan rings is 1. The van der Waals surface area contributed by atoms with Crippen LogP contribution in [0.2, 0.25) is 0 Å². The Morgan fingerprint density at radius 1 is 1.50 bits per heavy atom. The molecule has 4 heteroatoms. The Bertz CT molecular complexity index is 318. The summed E-state index contributed by atoms with van der Waals surface area (Å²) in [6.45, 7) is 4.88. The van der Waals surface area contributed by atoms with E-state index in [0.717, 1.165) is 11.3 Å². The summed E-state index contributed by atoms with van der Waals surface area (Å²) in [4.78, 5) is 0. The van der Waals surface area contributed by atoms with Gasteiger partial charge in [0.05, 0.1) is 5.54 Å². The van der Waals surface area contributed by atoms with Crippen LogP contribution in [0.25, 0.3) is 0 Å². The van der Waals surface area contributed by atoms with Crippen molar-refractivity contribution in [3.05, 3.63) is 23.2 Å². The Balaban J connectivity index is 2.83. The Morgan fingerprint density at radius 2 is 2.07 bits per heavy atom. The quantitative estimate of drug-likeness (QED) is 0.819. The SMILES string of the molecule is Cc1cc(CC(C)(N)C(F)F)c(C)o1. The first-order valence-electron chi connectivity index (χ1n) is 4.46. The van der Waals surface area contributed by atoms with Crippen molar-refractivity contribution in [1.82, 2.24) is 0 Å².